The number of aromatic nitrogens is 1. The molecule has 1 atom stereocenters. The van der Waals surface area contributed by atoms with E-state index >= 15 is 0 Å². The van der Waals surface area contributed by atoms with Gasteiger partial charge in [-0.3, -0.25) is 0 Å². The van der Waals surface area contributed by atoms with Gasteiger partial charge in [-0.05, 0) is 43.7 Å². The Morgan fingerprint density at radius 3 is 2.48 bits per heavy atom. The highest BCUT2D eigenvalue weighted by atomic mass is 16.5. The highest BCUT2D eigenvalue weighted by Gasteiger charge is 2.12. The fourth-order valence-electron chi connectivity index (χ4n) is 2.81. The lowest BCUT2D eigenvalue weighted by Crippen LogP contribution is -2.20. The number of nitrogens with zero attached hydrogens (tertiary/aromatic N) is 1. The Hall–Kier alpha value is -2.63. The van der Waals surface area contributed by atoms with Gasteiger partial charge in [0.25, 0.3) is 0 Å². The Morgan fingerprint density at radius 1 is 1.07 bits per heavy atom. The van der Waals surface area contributed by atoms with E-state index in [9.17, 15) is 5.11 Å². The van der Waals surface area contributed by atoms with Gasteiger partial charge in [-0.25, -0.2) is 4.98 Å². The van der Waals surface area contributed by atoms with E-state index in [1.807, 2.05) is 68.4 Å². The molecule has 3 aromatic rings. The Kier molecular flexibility index (Phi) is 6.63. The third-order valence-corrected chi connectivity index (χ3v) is 4.28. The van der Waals surface area contributed by atoms with Crippen molar-refractivity contribution in [2.45, 2.75) is 33.0 Å². The van der Waals surface area contributed by atoms with Crippen LogP contribution >= 0.6 is 0 Å². The molecule has 1 heterocycles. The van der Waals surface area contributed by atoms with Crippen molar-refractivity contribution in [1.82, 2.24) is 4.98 Å². The number of benzene rings is 2. The monoisotopic (exact) mass is 367 g/mol. The van der Waals surface area contributed by atoms with Crippen molar-refractivity contribution < 1.29 is 19.0 Å². The van der Waals surface area contributed by atoms with Crippen LogP contribution in [-0.4, -0.2) is 29.4 Å². The predicted octanol–water partition coefficient (Wildman–Crippen LogP) is 4.17. The number of rotatable bonds is 9. The standard InChI is InChI=1S/C22H25NO4/c1-3-25-20(14-24)13-17-9-11-19(12-10-17)26-15-21-16(2)27-22(23-21)18-7-5-4-6-8-18/h4-12,20,24H,3,13-15H2,1-2H3/t20-/m0/s1. The highest BCUT2D eigenvalue weighted by molar-refractivity contribution is 5.53. The van der Waals surface area contributed by atoms with E-state index < -0.39 is 0 Å². The molecule has 0 bridgehead atoms. The normalized spacial score (nSPS) is 12.1. The maximum absolute atomic E-state index is 9.33. The molecule has 27 heavy (non-hydrogen) atoms. The Balaban J connectivity index is 1.60. The maximum Gasteiger partial charge on any atom is 0.226 e. The van der Waals surface area contributed by atoms with Crippen LogP contribution in [0, 0.1) is 6.92 Å². The summed E-state index contributed by atoms with van der Waals surface area (Å²) >= 11 is 0. The van der Waals surface area contributed by atoms with Gasteiger partial charge in [0.1, 0.15) is 23.8 Å². The predicted molar refractivity (Wildman–Crippen MR) is 104 cm³/mol. The van der Waals surface area contributed by atoms with Crippen molar-refractivity contribution in [2.75, 3.05) is 13.2 Å². The van der Waals surface area contributed by atoms with Crippen molar-refractivity contribution in [3.63, 3.8) is 0 Å². The molecule has 0 radical (unpaired) electrons. The van der Waals surface area contributed by atoms with Crippen LogP contribution < -0.4 is 4.74 Å². The summed E-state index contributed by atoms with van der Waals surface area (Å²) in [6, 6.07) is 17.6. The molecule has 0 aliphatic heterocycles. The van der Waals surface area contributed by atoms with Crippen LogP contribution in [0.4, 0.5) is 0 Å². The topological polar surface area (TPSA) is 64.7 Å². The van der Waals surface area contributed by atoms with E-state index in [1.165, 1.54) is 0 Å². The summed E-state index contributed by atoms with van der Waals surface area (Å²) in [5, 5.41) is 9.33. The molecule has 0 aliphatic rings. The van der Waals surface area contributed by atoms with Crippen LogP contribution in [0.2, 0.25) is 0 Å². The third kappa shape index (κ3) is 5.18. The van der Waals surface area contributed by atoms with Gasteiger partial charge in [-0.15, -0.1) is 0 Å². The minimum absolute atomic E-state index is 0.0152. The van der Waals surface area contributed by atoms with Crippen molar-refractivity contribution in [2.24, 2.45) is 0 Å². The zero-order valence-electron chi connectivity index (χ0n) is 15.7. The largest absolute Gasteiger partial charge is 0.487 e. The lowest BCUT2D eigenvalue weighted by Gasteiger charge is -2.14. The van der Waals surface area contributed by atoms with Crippen LogP contribution in [0.15, 0.2) is 59.0 Å². The van der Waals surface area contributed by atoms with Crippen molar-refractivity contribution >= 4 is 0 Å². The molecule has 0 fully saturated rings. The fourth-order valence-corrected chi connectivity index (χ4v) is 2.81. The van der Waals surface area contributed by atoms with E-state index in [4.69, 9.17) is 13.9 Å². The average Bonchev–Trinajstić information content (AvgIpc) is 3.08. The summed E-state index contributed by atoms with van der Waals surface area (Å²) in [4.78, 5) is 4.55. The van der Waals surface area contributed by atoms with Crippen LogP contribution in [-0.2, 0) is 17.8 Å². The average molecular weight is 367 g/mol. The van der Waals surface area contributed by atoms with E-state index in [0.717, 1.165) is 28.3 Å². The molecule has 5 heteroatoms. The Morgan fingerprint density at radius 2 is 1.81 bits per heavy atom. The van der Waals surface area contributed by atoms with Crippen LogP contribution in [0.5, 0.6) is 5.75 Å². The van der Waals surface area contributed by atoms with Gasteiger partial charge in [0, 0.05) is 18.6 Å². The van der Waals surface area contributed by atoms with Crippen LogP contribution in [0.25, 0.3) is 11.5 Å². The number of ether oxygens (including phenoxy) is 2. The second-order valence-corrected chi connectivity index (χ2v) is 6.28. The van der Waals surface area contributed by atoms with E-state index in [0.29, 0.717) is 25.5 Å². The second-order valence-electron chi connectivity index (χ2n) is 6.28. The summed E-state index contributed by atoms with van der Waals surface area (Å²) in [6.45, 7) is 4.77. The SMILES string of the molecule is CCO[C@H](CO)Cc1ccc(OCc2nc(-c3ccccc3)oc2C)cc1. The lowest BCUT2D eigenvalue weighted by atomic mass is 10.1. The summed E-state index contributed by atoms with van der Waals surface area (Å²) < 4.78 is 17.1. The molecular formula is C22H25NO4. The molecule has 3 rings (SSSR count). The smallest absolute Gasteiger partial charge is 0.226 e. The molecule has 2 aromatic carbocycles. The van der Waals surface area contributed by atoms with E-state index in [2.05, 4.69) is 4.98 Å². The first-order valence-corrected chi connectivity index (χ1v) is 9.15. The third-order valence-electron chi connectivity index (χ3n) is 4.28. The zero-order chi connectivity index (χ0) is 19.1. The van der Waals surface area contributed by atoms with Crippen molar-refractivity contribution in [3.8, 4) is 17.2 Å². The second kappa shape index (κ2) is 9.35. The van der Waals surface area contributed by atoms with Gasteiger partial charge in [0.15, 0.2) is 0 Å². The van der Waals surface area contributed by atoms with Gasteiger partial charge in [-0.2, -0.15) is 0 Å². The number of aliphatic hydroxyl groups is 1. The van der Waals surface area contributed by atoms with Crippen LogP contribution in [0.3, 0.4) is 0 Å². The first kappa shape index (κ1) is 19.1. The zero-order valence-corrected chi connectivity index (χ0v) is 15.7. The number of hydrogen-bond acceptors (Lipinski definition) is 5. The fraction of sp³-hybridized carbons (Fsp3) is 0.318. The summed E-state index contributed by atoms with van der Waals surface area (Å²) in [7, 11) is 0. The Labute approximate surface area is 159 Å². The first-order valence-electron chi connectivity index (χ1n) is 9.15. The molecule has 0 saturated carbocycles. The molecule has 0 saturated heterocycles. The molecule has 1 aromatic heterocycles. The lowest BCUT2D eigenvalue weighted by molar-refractivity contribution is 0.0207. The Bertz CT molecular complexity index is 827. The van der Waals surface area contributed by atoms with E-state index in [1.54, 1.807) is 0 Å². The van der Waals surface area contributed by atoms with Crippen LogP contribution in [0.1, 0.15) is 23.9 Å². The molecule has 5 nitrogen and oxygen atoms in total. The minimum Gasteiger partial charge on any atom is -0.487 e. The number of aliphatic hydroxyl groups excluding tert-OH is 1. The molecular weight excluding hydrogens is 342 g/mol. The van der Waals surface area contributed by atoms with Crippen molar-refractivity contribution in [1.29, 1.82) is 0 Å². The summed E-state index contributed by atoms with van der Waals surface area (Å²) in [5.41, 5.74) is 2.83. The van der Waals surface area contributed by atoms with Gasteiger partial charge >= 0.3 is 0 Å². The molecule has 0 spiro atoms. The van der Waals surface area contributed by atoms with Gasteiger partial charge < -0.3 is 19.0 Å². The van der Waals surface area contributed by atoms with Gasteiger partial charge in [0.2, 0.25) is 5.89 Å². The summed E-state index contributed by atoms with van der Waals surface area (Å²) in [6.07, 6.45) is 0.504. The molecule has 0 amide bonds. The number of aryl methyl sites for hydroxylation is 1. The maximum atomic E-state index is 9.33. The molecule has 1 N–H and O–H groups in total. The summed E-state index contributed by atoms with van der Waals surface area (Å²) in [5.74, 6) is 2.13. The van der Waals surface area contributed by atoms with Crippen molar-refractivity contribution in [3.05, 3.63) is 71.6 Å². The van der Waals surface area contributed by atoms with Gasteiger partial charge in [0.05, 0.1) is 12.7 Å². The van der Waals surface area contributed by atoms with E-state index in [-0.39, 0.29) is 12.7 Å². The number of oxazole rings is 1. The highest BCUT2D eigenvalue weighted by Crippen LogP contribution is 2.23. The molecule has 0 unspecified atom stereocenters. The quantitative estimate of drug-likeness (QED) is 0.615. The molecule has 0 aliphatic carbocycles. The minimum atomic E-state index is -0.170. The molecule has 142 valence electrons. The van der Waals surface area contributed by atoms with Gasteiger partial charge in [-0.1, -0.05) is 30.3 Å². The number of hydrogen-bond donors (Lipinski definition) is 1. The first-order chi connectivity index (χ1) is 13.2.